The number of benzene rings is 1. The number of hydrogen-bond donors (Lipinski definition) is 2. The fraction of sp³-hybridized carbons (Fsp3) is 0.462. The molecule has 33 heavy (non-hydrogen) atoms. The number of carbonyl (C=O) groups is 3. The minimum absolute atomic E-state index is 0. The minimum atomic E-state index is -0.242. The molecule has 2 heterocycles. The number of Topliss-reactive ketones (excluding diaryl/α,β-unsaturated/α-hetero) is 1. The number of amides is 2. The lowest BCUT2D eigenvalue weighted by Gasteiger charge is -2.28. The molecule has 1 fully saturated rings. The Hall–Kier alpha value is -3.06. The van der Waals surface area contributed by atoms with Crippen molar-refractivity contribution in [1.29, 1.82) is 0 Å². The van der Waals surface area contributed by atoms with Crippen LogP contribution in [0, 0.1) is 11.8 Å². The molecule has 0 unspecified atom stereocenters. The van der Waals surface area contributed by atoms with E-state index in [9.17, 15) is 14.4 Å². The Balaban J connectivity index is 0.00000306. The summed E-state index contributed by atoms with van der Waals surface area (Å²) in [4.78, 5) is 43.4. The van der Waals surface area contributed by atoms with Gasteiger partial charge in [0.05, 0.1) is 12.2 Å². The molecule has 1 aromatic carbocycles. The number of likely N-dealkylation sites (tertiary alicyclic amines) is 1. The van der Waals surface area contributed by atoms with Crippen LogP contribution in [-0.2, 0) is 16.0 Å². The van der Waals surface area contributed by atoms with Gasteiger partial charge in [0.2, 0.25) is 11.8 Å². The van der Waals surface area contributed by atoms with Gasteiger partial charge in [0, 0.05) is 40.5 Å². The number of anilines is 1. The maximum absolute atomic E-state index is 12.7. The molecule has 2 N–H and O–H groups in total. The lowest BCUT2D eigenvalue weighted by atomic mass is 9.96. The van der Waals surface area contributed by atoms with Crippen molar-refractivity contribution in [1.82, 2.24) is 15.2 Å². The minimum Gasteiger partial charge on any atom is -0.346 e. The van der Waals surface area contributed by atoms with Crippen LogP contribution in [0.3, 0.4) is 0 Å². The molecule has 0 radical (unpaired) electrons. The normalized spacial score (nSPS) is 16.2. The number of nitrogens with one attached hydrogen (secondary N) is 2. The van der Waals surface area contributed by atoms with Crippen LogP contribution in [0.5, 0.6) is 0 Å². The molecule has 1 aliphatic rings. The lowest BCUT2D eigenvalue weighted by molar-refractivity contribution is -0.133. The largest absolute Gasteiger partial charge is 0.346 e. The SMILES string of the molecule is CCc1cccc(-c2cnc(C(=O)C(C)C)c(NC(=O)CNC[C@@H]3CCN(C)C(=O)C3)c2)c1.[HH].[HH]. The molecule has 7 heteroatoms. The molecule has 0 aliphatic carbocycles. The summed E-state index contributed by atoms with van der Waals surface area (Å²) < 4.78 is 0. The van der Waals surface area contributed by atoms with Gasteiger partial charge in [-0.1, -0.05) is 45.0 Å². The van der Waals surface area contributed by atoms with E-state index in [1.165, 1.54) is 5.56 Å². The van der Waals surface area contributed by atoms with E-state index in [1.807, 2.05) is 39.1 Å². The van der Waals surface area contributed by atoms with Gasteiger partial charge in [-0.15, -0.1) is 0 Å². The third-order valence-electron chi connectivity index (χ3n) is 6.07. The van der Waals surface area contributed by atoms with Gasteiger partial charge in [0.1, 0.15) is 5.69 Å². The second-order valence-corrected chi connectivity index (χ2v) is 9.05. The van der Waals surface area contributed by atoms with Crippen molar-refractivity contribution in [3.8, 4) is 11.1 Å². The third kappa shape index (κ3) is 6.48. The summed E-state index contributed by atoms with van der Waals surface area (Å²) in [6, 6.07) is 9.98. The zero-order valence-corrected chi connectivity index (χ0v) is 20.0. The zero-order chi connectivity index (χ0) is 24.0. The number of carbonyl (C=O) groups excluding carboxylic acids is 3. The maximum Gasteiger partial charge on any atom is 0.238 e. The van der Waals surface area contributed by atoms with Crippen molar-refractivity contribution in [2.75, 3.05) is 32.0 Å². The van der Waals surface area contributed by atoms with Gasteiger partial charge >= 0.3 is 0 Å². The van der Waals surface area contributed by atoms with Crippen LogP contribution in [0.15, 0.2) is 36.5 Å². The fourth-order valence-electron chi connectivity index (χ4n) is 3.92. The van der Waals surface area contributed by atoms with Crippen molar-refractivity contribution >= 4 is 23.3 Å². The topological polar surface area (TPSA) is 91.4 Å². The summed E-state index contributed by atoms with van der Waals surface area (Å²) >= 11 is 0. The predicted molar refractivity (Wildman–Crippen MR) is 134 cm³/mol. The standard InChI is InChI=1S/C26H34N4O3.2H2/c1-5-18-7-6-8-20(11-18)21-13-22(25(28-15-21)26(33)17(2)3)29-23(31)16-27-14-19-9-10-30(4)24(32)12-19;;/h6-8,11,13,15,17,19,27H,5,9-10,12,14,16H2,1-4H3,(H,29,31);2*1H/t19-;;/m1../s1. The van der Waals surface area contributed by atoms with Crippen LogP contribution < -0.4 is 10.6 Å². The van der Waals surface area contributed by atoms with Gasteiger partial charge < -0.3 is 15.5 Å². The highest BCUT2D eigenvalue weighted by atomic mass is 16.2. The molecule has 180 valence electrons. The van der Waals surface area contributed by atoms with E-state index in [0.717, 1.165) is 30.5 Å². The highest BCUT2D eigenvalue weighted by molar-refractivity contribution is 6.05. The highest BCUT2D eigenvalue weighted by Crippen LogP contribution is 2.26. The third-order valence-corrected chi connectivity index (χ3v) is 6.07. The first-order chi connectivity index (χ1) is 15.8. The van der Waals surface area contributed by atoms with Gasteiger partial charge in [-0.05, 0) is 42.5 Å². The van der Waals surface area contributed by atoms with Gasteiger partial charge in [-0.2, -0.15) is 0 Å². The van der Waals surface area contributed by atoms with E-state index in [0.29, 0.717) is 18.7 Å². The molecule has 0 saturated carbocycles. The Labute approximate surface area is 198 Å². The van der Waals surface area contributed by atoms with Crippen molar-refractivity contribution in [2.24, 2.45) is 11.8 Å². The molecule has 0 spiro atoms. The number of aryl methyl sites for hydroxylation is 1. The number of aromatic nitrogens is 1. The number of ketones is 1. The van der Waals surface area contributed by atoms with Gasteiger partial charge in [0.25, 0.3) is 0 Å². The number of nitrogens with zero attached hydrogens (tertiary/aromatic N) is 2. The lowest BCUT2D eigenvalue weighted by Crippen LogP contribution is -2.40. The van der Waals surface area contributed by atoms with Crippen LogP contribution in [0.4, 0.5) is 5.69 Å². The molecule has 1 aliphatic heterocycles. The molecule has 1 aromatic heterocycles. The summed E-state index contributed by atoms with van der Waals surface area (Å²) in [5.41, 5.74) is 3.74. The highest BCUT2D eigenvalue weighted by Gasteiger charge is 2.23. The van der Waals surface area contributed by atoms with E-state index in [1.54, 1.807) is 11.1 Å². The molecule has 1 saturated heterocycles. The summed E-state index contributed by atoms with van der Waals surface area (Å²) in [6.07, 6.45) is 4.03. The fourth-order valence-corrected chi connectivity index (χ4v) is 3.92. The molecule has 0 bridgehead atoms. The summed E-state index contributed by atoms with van der Waals surface area (Å²) in [6.45, 7) is 7.19. The van der Waals surface area contributed by atoms with Crippen LogP contribution in [0.25, 0.3) is 11.1 Å². The Morgan fingerprint density at radius 2 is 2.03 bits per heavy atom. The number of pyridine rings is 1. The van der Waals surface area contributed by atoms with Gasteiger partial charge in [-0.25, -0.2) is 0 Å². The maximum atomic E-state index is 12.7. The monoisotopic (exact) mass is 454 g/mol. The van der Waals surface area contributed by atoms with Crippen LogP contribution in [0.1, 0.15) is 52.5 Å². The second-order valence-electron chi connectivity index (χ2n) is 9.05. The molecular formula is C26H38N4O3. The predicted octanol–water partition coefficient (Wildman–Crippen LogP) is 4.04. The quantitative estimate of drug-likeness (QED) is 0.558. The summed E-state index contributed by atoms with van der Waals surface area (Å²) in [5.74, 6) is -0.215. The molecule has 2 aromatic rings. The second kappa shape index (κ2) is 11.2. The Morgan fingerprint density at radius 3 is 2.73 bits per heavy atom. The average molecular weight is 455 g/mol. The smallest absolute Gasteiger partial charge is 0.238 e. The van der Waals surface area contributed by atoms with Gasteiger partial charge in [-0.3, -0.25) is 19.4 Å². The van der Waals surface area contributed by atoms with E-state index in [-0.39, 0.29) is 44.5 Å². The molecule has 7 nitrogen and oxygen atoms in total. The molecular weight excluding hydrogens is 416 g/mol. The van der Waals surface area contributed by atoms with Crippen molar-refractivity contribution in [3.05, 3.63) is 47.8 Å². The Bertz CT molecular complexity index is 1030. The molecule has 1 atom stereocenters. The summed E-state index contributed by atoms with van der Waals surface area (Å²) in [5, 5.41) is 6.03. The van der Waals surface area contributed by atoms with E-state index in [2.05, 4.69) is 34.7 Å². The summed E-state index contributed by atoms with van der Waals surface area (Å²) in [7, 11) is 1.82. The first-order valence-corrected chi connectivity index (χ1v) is 11.7. The van der Waals surface area contributed by atoms with E-state index >= 15 is 0 Å². The van der Waals surface area contributed by atoms with Crippen LogP contribution >= 0.6 is 0 Å². The van der Waals surface area contributed by atoms with Crippen molar-refractivity contribution in [3.63, 3.8) is 0 Å². The number of hydrogen-bond acceptors (Lipinski definition) is 5. The first-order valence-electron chi connectivity index (χ1n) is 11.7. The van der Waals surface area contributed by atoms with Crippen molar-refractivity contribution < 1.29 is 17.2 Å². The Morgan fingerprint density at radius 1 is 1.24 bits per heavy atom. The molecule has 2 amide bonds. The van der Waals surface area contributed by atoms with E-state index in [4.69, 9.17) is 0 Å². The number of rotatable bonds is 9. The first kappa shape index (κ1) is 24.6. The van der Waals surface area contributed by atoms with Crippen molar-refractivity contribution in [2.45, 2.75) is 40.0 Å². The van der Waals surface area contributed by atoms with Crippen LogP contribution in [0.2, 0.25) is 0 Å². The van der Waals surface area contributed by atoms with E-state index < -0.39 is 0 Å². The number of piperidine rings is 1. The zero-order valence-electron chi connectivity index (χ0n) is 20.0. The molecule has 3 rings (SSSR count). The van der Waals surface area contributed by atoms with Crippen LogP contribution in [-0.4, -0.2) is 54.2 Å². The Kier molecular flexibility index (Phi) is 8.33. The average Bonchev–Trinajstić information content (AvgIpc) is 2.81. The van der Waals surface area contributed by atoms with Gasteiger partial charge in [0.15, 0.2) is 5.78 Å².